The van der Waals surface area contributed by atoms with E-state index in [2.05, 4.69) is 70.8 Å². The zero-order valence-electron chi connectivity index (χ0n) is 15.7. The number of hydrogen-bond acceptors (Lipinski definition) is 2. The minimum atomic E-state index is -0.0525. The van der Waals surface area contributed by atoms with Gasteiger partial charge in [-0.25, -0.2) is 0 Å². The normalized spacial score (nSPS) is 12.3. The van der Waals surface area contributed by atoms with Gasteiger partial charge in [-0.15, -0.1) is 0 Å². The predicted molar refractivity (Wildman–Crippen MR) is 103 cm³/mol. The summed E-state index contributed by atoms with van der Waals surface area (Å²) in [6.45, 7) is 12.9. The van der Waals surface area contributed by atoms with Gasteiger partial charge in [-0.1, -0.05) is 41.5 Å². The summed E-state index contributed by atoms with van der Waals surface area (Å²) in [4.78, 5) is 3.33. The zero-order chi connectivity index (χ0) is 18.6. The second-order valence-corrected chi connectivity index (χ2v) is 8.74. The summed E-state index contributed by atoms with van der Waals surface area (Å²) in [5, 5.41) is 21.3. The van der Waals surface area contributed by atoms with Crippen molar-refractivity contribution in [1.82, 2.24) is 4.98 Å². The maximum absolute atomic E-state index is 9.63. The SMILES string of the molecule is CC(C)(C)c1cc(C#N)c2[nH]c3c(C#N)cc(C(C)(C)C)cc3c2c1. The minimum Gasteiger partial charge on any atom is -0.352 e. The number of hydrogen-bond donors (Lipinski definition) is 1. The van der Waals surface area contributed by atoms with Crippen LogP contribution in [0.3, 0.4) is 0 Å². The molecule has 1 aromatic heterocycles. The Labute approximate surface area is 148 Å². The zero-order valence-corrected chi connectivity index (χ0v) is 15.7. The Morgan fingerprint density at radius 2 is 1.04 bits per heavy atom. The lowest BCUT2D eigenvalue weighted by Gasteiger charge is -2.20. The number of fused-ring (bicyclic) bond motifs is 3. The number of rotatable bonds is 0. The Morgan fingerprint density at radius 1 is 0.680 bits per heavy atom. The van der Waals surface area contributed by atoms with Crippen molar-refractivity contribution in [2.24, 2.45) is 0 Å². The molecule has 3 nitrogen and oxygen atoms in total. The Morgan fingerprint density at radius 3 is 1.32 bits per heavy atom. The van der Waals surface area contributed by atoms with Gasteiger partial charge in [0.1, 0.15) is 12.1 Å². The number of nitrogens with zero attached hydrogens (tertiary/aromatic N) is 2. The number of nitrogens with one attached hydrogen (secondary N) is 1. The minimum absolute atomic E-state index is 0.0525. The molecule has 3 rings (SSSR count). The molecule has 0 radical (unpaired) electrons. The van der Waals surface area contributed by atoms with Gasteiger partial charge in [0.2, 0.25) is 0 Å². The second kappa shape index (κ2) is 5.36. The first kappa shape index (κ1) is 17.1. The van der Waals surface area contributed by atoms with Crippen LogP contribution in [0, 0.1) is 22.7 Å². The third-order valence-corrected chi connectivity index (χ3v) is 4.79. The van der Waals surface area contributed by atoms with E-state index in [1.54, 1.807) is 0 Å². The number of aromatic nitrogens is 1. The van der Waals surface area contributed by atoms with Crippen LogP contribution in [-0.4, -0.2) is 4.98 Å². The molecule has 3 aromatic rings. The summed E-state index contributed by atoms with van der Waals surface area (Å²) in [6, 6.07) is 12.8. The summed E-state index contributed by atoms with van der Waals surface area (Å²) in [6.07, 6.45) is 0. The quantitative estimate of drug-likeness (QED) is 0.578. The Hall–Kier alpha value is -2.78. The van der Waals surface area contributed by atoms with E-state index in [9.17, 15) is 10.5 Å². The summed E-state index contributed by atoms with van der Waals surface area (Å²) in [5.41, 5.74) is 5.02. The van der Waals surface area contributed by atoms with E-state index in [-0.39, 0.29) is 10.8 Å². The highest BCUT2D eigenvalue weighted by atomic mass is 14.7. The van der Waals surface area contributed by atoms with E-state index < -0.39 is 0 Å². The predicted octanol–water partition coefficient (Wildman–Crippen LogP) is 5.66. The fraction of sp³-hybridized carbons (Fsp3) is 0.364. The van der Waals surface area contributed by atoms with Crippen LogP contribution in [0.2, 0.25) is 0 Å². The van der Waals surface area contributed by atoms with Gasteiger partial charge in [0.25, 0.3) is 0 Å². The van der Waals surface area contributed by atoms with Crippen LogP contribution in [0.1, 0.15) is 63.8 Å². The van der Waals surface area contributed by atoms with Gasteiger partial charge in [0.05, 0.1) is 22.2 Å². The van der Waals surface area contributed by atoms with Crippen LogP contribution in [0.15, 0.2) is 24.3 Å². The highest BCUT2D eigenvalue weighted by Gasteiger charge is 2.21. The highest BCUT2D eigenvalue weighted by molar-refractivity contribution is 6.11. The molecule has 0 aliphatic heterocycles. The molecule has 0 aliphatic carbocycles. The molecule has 2 aromatic carbocycles. The Balaban J connectivity index is 2.52. The molecule has 0 bridgehead atoms. The number of aromatic amines is 1. The van der Waals surface area contributed by atoms with Crippen molar-refractivity contribution >= 4 is 21.8 Å². The lowest BCUT2D eigenvalue weighted by molar-refractivity contribution is 0.590. The Bertz CT molecular complexity index is 985. The fourth-order valence-corrected chi connectivity index (χ4v) is 3.15. The van der Waals surface area contributed by atoms with E-state index >= 15 is 0 Å². The van der Waals surface area contributed by atoms with E-state index in [1.165, 1.54) is 0 Å². The van der Waals surface area contributed by atoms with Crippen LogP contribution in [0.5, 0.6) is 0 Å². The number of H-pyrrole nitrogens is 1. The van der Waals surface area contributed by atoms with Crippen LogP contribution in [0.4, 0.5) is 0 Å². The molecule has 1 heterocycles. The van der Waals surface area contributed by atoms with Gasteiger partial charge < -0.3 is 4.98 Å². The molecule has 0 saturated heterocycles. The summed E-state index contributed by atoms with van der Waals surface area (Å²) >= 11 is 0. The first-order valence-corrected chi connectivity index (χ1v) is 8.51. The van der Waals surface area contributed by atoms with Crippen molar-refractivity contribution in [3.8, 4) is 12.1 Å². The first-order valence-electron chi connectivity index (χ1n) is 8.51. The number of benzene rings is 2. The fourth-order valence-electron chi connectivity index (χ4n) is 3.15. The smallest absolute Gasteiger partial charge is 0.101 e. The van der Waals surface area contributed by atoms with Gasteiger partial charge in [-0.2, -0.15) is 10.5 Å². The topological polar surface area (TPSA) is 63.4 Å². The van der Waals surface area contributed by atoms with Crippen molar-refractivity contribution in [3.63, 3.8) is 0 Å². The highest BCUT2D eigenvalue weighted by Crippen LogP contribution is 2.36. The van der Waals surface area contributed by atoms with Crippen LogP contribution in [-0.2, 0) is 10.8 Å². The van der Waals surface area contributed by atoms with E-state index in [0.29, 0.717) is 11.1 Å². The average molecular weight is 329 g/mol. The lowest BCUT2D eigenvalue weighted by Crippen LogP contribution is -2.11. The molecule has 1 N–H and O–H groups in total. The van der Waals surface area contributed by atoms with Gasteiger partial charge in [-0.05, 0) is 46.2 Å². The molecular formula is C22H23N3. The van der Waals surface area contributed by atoms with Crippen molar-refractivity contribution in [2.45, 2.75) is 52.4 Å². The molecule has 0 atom stereocenters. The summed E-state index contributed by atoms with van der Waals surface area (Å²) in [5.74, 6) is 0. The Kier molecular flexibility index (Phi) is 3.66. The lowest BCUT2D eigenvalue weighted by atomic mass is 9.83. The second-order valence-electron chi connectivity index (χ2n) is 8.74. The summed E-state index contributed by atoms with van der Waals surface area (Å²) < 4.78 is 0. The van der Waals surface area contributed by atoms with E-state index in [0.717, 1.165) is 32.9 Å². The van der Waals surface area contributed by atoms with Crippen molar-refractivity contribution < 1.29 is 0 Å². The van der Waals surface area contributed by atoms with Crippen molar-refractivity contribution in [3.05, 3.63) is 46.5 Å². The van der Waals surface area contributed by atoms with Crippen LogP contribution < -0.4 is 0 Å². The van der Waals surface area contributed by atoms with Gasteiger partial charge in [0, 0.05) is 10.8 Å². The molecule has 0 fully saturated rings. The van der Waals surface area contributed by atoms with Crippen molar-refractivity contribution in [2.75, 3.05) is 0 Å². The van der Waals surface area contributed by atoms with Gasteiger partial charge in [-0.3, -0.25) is 0 Å². The molecular weight excluding hydrogens is 306 g/mol. The van der Waals surface area contributed by atoms with Crippen molar-refractivity contribution in [1.29, 1.82) is 10.5 Å². The summed E-state index contributed by atoms with van der Waals surface area (Å²) in [7, 11) is 0. The standard InChI is InChI=1S/C22H23N3/c1-21(2,3)15-7-13(11-23)19-17(9-15)18-10-16(22(4,5)6)8-14(12-24)20(18)25-19/h7-10,25H,1-6H3. The largest absolute Gasteiger partial charge is 0.352 e. The van der Waals surface area contributed by atoms with Gasteiger partial charge in [0.15, 0.2) is 0 Å². The molecule has 0 spiro atoms. The molecule has 3 heteroatoms. The van der Waals surface area contributed by atoms with E-state index in [1.807, 2.05) is 12.1 Å². The molecule has 0 unspecified atom stereocenters. The monoisotopic (exact) mass is 329 g/mol. The third-order valence-electron chi connectivity index (χ3n) is 4.79. The molecule has 126 valence electrons. The van der Waals surface area contributed by atoms with Crippen LogP contribution >= 0.6 is 0 Å². The average Bonchev–Trinajstić information content (AvgIpc) is 2.90. The van der Waals surface area contributed by atoms with Gasteiger partial charge >= 0.3 is 0 Å². The molecule has 0 aliphatic rings. The molecule has 0 saturated carbocycles. The maximum atomic E-state index is 9.63. The molecule has 25 heavy (non-hydrogen) atoms. The third kappa shape index (κ3) is 2.77. The van der Waals surface area contributed by atoms with Crippen LogP contribution in [0.25, 0.3) is 21.8 Å². The van der Waals surface area contributed by atoms with E-state index in [4.69, 9.17) is 0 Å². The molecule has 0 amide bonds. The first-order chi connectivity index (χ1) is 11.6. The maximum Gasteiger partial charge on any atom is 0.101 e. The number of nitriles is 2.